The number of halogens is 2. The Labute approximate surface area is 149 Å². The summed E-state index contributed by atoms with van der Waals surface area (Å²) >= 11 is 0. The second kappa shape index (κ2) is 6.62. The van der Waals surface area contributed by atoms with E-state index in [1.807, 2.05) is 0 Å². The predicted octanol–water partition coefficient (Wildman–Crippen LogP) is 1.62. The smallest absolute Gasteiger partial charge is 0.255 e. The highest BCUT2D eigenvalue weighted by molar-refractivity contribution is 5.94. The molecule has 3 atom stereocenters. The van der Waals surface area contributed by atoms with E-state index in [2.05, 4.69) is 15.8 Å². The number of hydrogen-bond donors (Lipinski definition) is 3. The number of hydrogen-bond acceptors (Lipinski definition) is 5. The van der Waals surface area contributed by atoms with Crippen LogP contribution in [0.2, 0.25) is 0 Å². The van der Waals surface area contributed by atoms with Gasteiger partial charge in [-0.1, -0.05) is 0 Å². The number of benzene rings is 1. The van der Waals surface area contributed by atoms with Gasteiger partial charge in [0.15, 0.2) is 0 Å². The van der Waals surface area contributed by atoms with Crippen molar-refractivity contribution in [3.8, 4) is 0 Å². The summed E-state index contributed by atoms with van der Waals surface area (Å²) in [4.78, 5) is 18.5. The van der Waals surface area contributed by atoms with Crippen LogP contribution in [0.3, 0.4) is 0 Å². The van der Waals surface area contributed by atoms with E-state index < -0.39 is 11.6 Å². The van der Waals surface area contributed by atoms with Gasteiger partial charge in [0.2, 0.25) is 0 Å². The molecule has 4 N–H and O–H groups in total. The third-order valence-corrected chi connectivity index (χ3v) is 5.07. The van der Waals surface area contributed by atoms with Gasteiger partial charge in [0, 0.05) is 37.3 Å². The number of nitrogens with zero attached hydrogens (tertiary/aromatic N) is 2. The van der Waals surface area contributed by atoms with E-state index >= 15 is 0 Å². The minimum atomic E-state index is -0.609. The van der Waals surface area contributed by atoms with Gasteiger partial charge in [-0.15, -0.1) is 0 Å². The Bertz CT molecular complexity index is 809. The van der Waals surface area contributed by atoms with Crippen LogP contribution in [-0.2, 0) is 0 Å². The number of pyridine rings is 1. The first kappa shape index (κ1) is 16.9. The van der Waals surface area contributed by atoms with Crippen LogP contribution in [0.25, 0.3) is 0 Å². The van der Waals surface area contributed by atoms with Crippen molar-refractivity contribution in [2.45, 2.75) is 18.5 Å². The molecule has 1 amide bonds. The number of carbonyl (C=O) groups is 1. The van der Waals surface area contributed by atoms with Crippen molar-refractivity contribution in [2.75, 3.05) is 18.8 Å². The molecule has 0 spiro atoms. The van der Waals surface area contributed by atoms with E-state index in [0.29, 0.717) is 30.0 Å². The minimum Gasteiger partial charge on any atom is -0.384 e. The SMILES string of the molecule is Nc1ccc(C(=O)N2CCC3NNC(c4cc(F)cc(F)c4)C3C2)cn1. The lowest BCUT2D eigenvalue weighted by Gasteiger charge is -2.36. The normalized spacial score (nSPS) is 25.2. The average molecular weight is 359 g/mol. The molecule has 0 saturated carbocycles. The molecule has 8 heteroatoms. The lowest BCUT2D eigenvalue weighted by molar-refractivity contribution is 0.0652. The summed E-state index contributed by atoms with van der Waals surface area (Å²) in [5, 5.41) is 0. The first-order chi connectivity index (χ1) is 12.5. The fourth-order valence-electron chi connectivity index (χ4n) is 3.79. The van der Waals surface area contributed by atoms with Crippen molar-refractivity contribution in [3.05, 3.63) is 59.3 Å². The zero-order valence-corrected chi connectivity index (χ0v) is 14.0. The van der Waals surface area contributed by atoms with Crippen LogP contribution >= 0.6 is 0 Å². The summed E-state index contributed by atoms with van der Waals surface area (Å²) in [5.41, 5.74) is 12.9. The van der Waals surface area contributed by atoms with E-state index in [-0.39, 0.29) is 23.9 Å². The Morgan fingerprint density at radius 1 is 1.19 bits per heavy atom. The summed E-state index contributed by atoms with van der Waals surface area (Å²) < 4.78 is 27.2. The molecule has 2 aliphatic heterocycles. The van der Waals surface area contributed by atoms with Crippen molar-refractivity contribution < 1.29 is 13.6 Å². The fraction of sp³-hybridized carbons (Fsp3) is 0.333. The third kappa shape index (κ3) is 3.13. The van der Waals surface area contributed by atoms with Crippen LogP contribution in [0.1, 0.15) is 28.4 Å². The van der Waals surface area contributed by atoms with E-state index in [0.717, 1.165) is 12.5 Å². The lowest BCUT2D eigenvalue weighted by atomic mass is 9.85. The van der Waals surface area contributed by atoms with Crippen molar-refractivity contribution in [1.82, 2.24) is 20.7 Å². The molecule has 2 aliphatic rings. The summed E-state index contributed by atoms with van der Waals surface area (Å²) in [6.07, 6.45) is 2.22. The number of aromatic nitrogens is 1. The molecule has 2 saturated heterocycles. The zero-order chi connectivity index (χ0) is 18.3. The molecule has 3 unspecified atom stereocenters. The number of fused-ring (bicyclic) bond motifs is 1. The number of carbonyl (C=O) groups excluding carboxylic acids is 1. The quantitative estimate of drug-likeness (QED) is 0.759. The maximum absolute atomic E-state index is 13.6. The molecule has 0 bridgehead atoms. The number of amides is 1. The molecule has 26 heavy (non-hydrogen) atoms. The molecule has 1 aromatic carbocycles. The Balaban J connectivity index is 1.54. The van der Waals surface area contributed by atoms with E-state index in [1.54, 1.807) is 17.0 Å². The largest absolute Gasteiger partial charge is 0.384 e. The van der Waals surface area contributed by atoms with Gasteiger partial charge in [0.05, 0.1) is 11.6 Å². The Morgan fingerprint density at radius 3 is 2.65 bits per heavy atom. The van der Waals surface area contributed by atoms with Gasteiger partial charge in [-0.05, 0) is 36.2 Å². The van der Waals surface area contributed by atoms with Crippen LogP contribution in [0.5, 0.6) is 0 Å². The monoisotopic (exact) mass is 359 g/mol. The molecule has 0 radical (unpaired) electrons. The number of anilines is 1. The fourth-order valence-corrected chi connectivity index (χ4v) is 3.79. The maximum Gasteiger partial charge on any atom is 0.255 e. The molecular formula is C18H19F2N5O. The number of piperidine rings is 1. The minimum absolute atomic E-state index is 0.00985. The van der Waals surface area contributed by atoms with Crippen LogP contribution < -0.4 is 16.6 Å². The van der Waals surface area contributed by atoms with Gasteiger partial charge >= 0.3 is 0 Å². The number of nitrogens with one attached hydrogen (secondary N) is 2. The molecule has 6 nitrogen and oxygen atoms in total. The second-order valence-electron chi connectivity index (χ2n) is 6.75. The van der Waals surface area contributed by atoms with Crippen molar-refractivity contribution in [2.24, 2.45) is 5.92 Å². The molecule has 0 aliphatic carbocycles. The summed E-state index contributed by atoms with van der Waals surface area (Å²) in [6, 6.07) is 6.63. The number of nitrogen functional groups attached to an aromatic ring is 1. The third-order valence-electron chi connectivity index (χ3n) is 5.07. The van der Waals surface area contributed by atoms with Gasteiger partial charge < -0.3 is 10.6 Å². The molecule has 4 rings (SSSR count). The molecular weight excluding hydrogens is 340 g/mol. The van der Waals surface area contributed by atoms with Crippen molar-refractivity contribution in [3.63, 3.8) is 0 Å². The zero-order valence-electron chi connectivity index (χ0n) is 14.0. The lowest BCUT2D eigenvalue weighted by Crippen LogP contribution is -2.47. The number of nitrogens with two attached hydrogens (primary N) is 1. The molecule has 3 heterocycles. The van der Waals surface area contributed by atoms with Gasteiger partial charge in [-0.25, -0.2) is 19.2 Å². The summed E-state index contributed by atoms with van der Waals surface area (Å²) in [6.45, 7) is 1.08. The number of hydrazine groups is 1. The topological polar surface area (TPSA) is 83.3 Å². The van der Waals surface area contributed by atoms with Gasteiger partial charge in [0.1, 0.15) is 17.5 Å². The summed E-state index contributed by atoms with van der Waals surface area (Å²) in [7, 11) is 0. The highest BCUT2D eigenvalue weighted by Crippen LogP contribution is 2.34. The first-order valence-electron chi connectivity index (χ1n) is 8.49. The van der Waals surface area contributed by atoms with E-state index in [9.17, 15) is 13.6 Å². The average Bonchev–Trinajstić information content (AvgIpc) is 3.04. The highest BCUT2D eigenvalue weighted by atomic mass is 19.1. The Kier molecular flexibility index (Phi) is 4.29. The van der Waals surface area contributed by atoms with E-state index in [1.165, 1.54) is 18.3 Å². The van der Waals surface area contributed by atoms with Gasteiger partial charge in [-0.2, -0.15) is 0 Å². The van der Waals surface area contributed by atoms with Gasteiger partial charge in [-0.3, -0.25) is 10.2 Å². The van der Waals surface area contributed by atoms with Crippen LogP contribution in [0.4, 0.5) is 14.6 Å². The van der Waals surface area contributed by atoms with Crippen LogP contribution in [-0.4, -0.2) is 34.9 Å². The van der Waals surface area contributed by atoms with Crippen molar-refractivity contribution >= 4 is 11.7 Å². The number of likely N-dealkylation sites (tertiary alicyclic amines) is 1. The summed E-state index contributed by atoms with van der Waals surface area (Å²) in [5.74, 6) is -0.968. The van der Waals surface area contributed by atoms with Crippen LogP contribution in [0.15, 0.2) is 36.5 Å². The molecule has 2 fully saturated rings. The Hall–Kier alpha value is -2.58. The van der Waals surface area contributed by atoms with E-state index in [4.69, 9.17) is 5.73 Å². The molecule has 1 aromatic heterocycles. The number of rotatable bonds is 2. The Morgan fingerprint density at radius 2 is 1.96 bits per heavy atom. The van der Waals surface area contributed by atoms with Crippen molar-refractivity contribution in [1.29, 1.82) is 0 Å². The highest BCUT2D eigenvalue weighted by Gasteiger charge is 2.41. The first-order valence-corrected chi connectivity index (χ1v) is 8.49. The second-order valence-corrected chi connectivity index (χ2v) is 6.75. The van der Waals surface area contributed by atoms with Gasteiger partial charge in [0.25, 0.3) is 5.91 Å². The standard InChI is InChI=1S/C18H19F2N5O/c19-12-5-11(6-13(20)7-12)17-14-9-25(4-3-15(14)23-24-17)18(26)10-1-2-16(21)22-8-10/h1-2,5-8,14-15,17,23-24H,3-4,9H2,(H2,21,22). The molecule has 136 valence electrons. The maximum atomic E-state index is 13.6. The predicted molar refractivity (Wildman–Crippen MR) is 91.8 cm³/mol. The van der Waals surface area contributed by atoms with Crippen LogP contribution in [0, 0.1) is 17.6 Å². The molecule has 2 aromatic rings.